The standard InChI is InChI=1S/C19H20N4O/c20-15-7-8-16(10-15)21-19(24)14-6-9-18-22-17(12-23(18)11-14)13-4-2-1-3-5-13/h1-6,9,11-12,15-16H,7-8,10,20H2,(H,21,24)/t15-,16-/m0/s1. The quantitative estimate of drug-likeness (QED) is 0.779. The fourth-order valence-electron chi connectivity index (χ4n) is 3.29. The van der Waals surface area contributed by atoms with Crippen LogP contribution in [0.15, 0.2) is 54.9 Å². The first-order valence-electron chi connectivity index (χ1n) is 8.30. The highest BCUT2D eigenvalue weighted by atomic mass is 16.1. The van der Waals surface area contributed by atoms with Gasteiger partial charge in [-0.25, -0.2) is 4.98 Å². The summed E-state index contributed by atoms with van der Waals surface area (Å²) in [7, 11) is 0. The lowest BCUT2D eigenvalue weighted by Gasteiger charge is -2.12. The van der Waals surface area contributed by atoms with E-state index in [2.05, 4.69) is 10.3 Å². The number of carbonyl (C=O) groups excluding carboxylic acids is 1. The van der Waals surface area contributed by atoms with Crippen molar-refractivity contribution in [2.45, 2.75) is 31.3 Å². The average molecular weight is 320 g/mol. The van der Waals surface area contributed by atoms with Crippen LogP contribution in [0.25, 0.3) is 16.9 Å². The minimum Gasteiger partial charge on any atom is -0.349 e. The zero-order chi connectivity index (χ0) is 16.5. The summed E-state index contributed by atoms with van der Waals surface area (Å²) >= 11 is 0. The van der Waals surface area contributed by atoms with E-state index < -0.39 is 0 Å². The van der Waals surface area contributed by atoms with Crippen molar-refractivity contribution >= 4 is 11.6 Å². The number of nitrogens with two attached hydrogens (primary N) is 1. The highest BCUT2D eigenvalue weighted by Crippen LogP contribution is 2.20. The van der Waals surface area contributed by atoms with E-state index in [1.165, 1.54) is 0 Å². The molecule has 2 aromatic heterocycles. The SMILES string of the molecule is N[C@H]1CC[C@H](NC(=O)c2ccc3nc(-c4ccccc4)cn3c2)C1. The molecule has 1 aromatic carbocycles. The summed E-state index contributed by atoms with van der Waals surface area (Å²) in [5.74, 6) is -0.0500. The molecule has 5 nitrogen and oxygen atoms in total. The van der Waals surface area contributed by atoms with E-state index in [1.54, 1.807) is 0 Å². The Bertz CT molecular complexity index is 871. The number of hydrogen-bond donors (Lipinski definition) is 2. The van der Waals surface area contributed by atoms with Gasteiger partial charge in [-0.2, -0.15) is 0 Å². The normalized spacial score (nSPS) is 20.4. The molecule has 122 valence electrons. The number of fused-ring (bicyclic) bond motifs is 1. The second kappa shape index (κ2) is 6.09. The van der Waals surface area contributed by atoms with Gasteiger partial charge in [-0.1, -0.05) is 30.3 Å². The minimum absolute atomic E-state index is 0.0500. The van der Waals surface area contributed by atoms with E-state index in [0.717, 1.165) is 36.2 Å². The van der Waals surface area contributed by atoms with Crippen LogP contribution in [-0.4, -0.2) is 27.4 Å². The average Bonchev–Trinajstić information content (AvgIpc) is 3.21. The molecule has 0 unspecified atom stereocenters. The van der Waals surface area contributed by atoms with Gasteiger partial charge in [-0.05, 0) is 31.4 Å². The van der Waals surface area contributed by atoms with Gasteiger partial charge < -0.3 is 15.5 Å². The van der Waals surface area contributed by atoms with Gasteiger partial charge in [-0.3, -0.25) is 4.79 Å². The monoisotopic (exact) mass is 320 g/mol. The number of benzene rings is 1. The van der Waals surface area contributed by atoms with E-state index in [9.17, 15) is 4.79 Å². The first-order chi connectivity index (χ1) is 11.7. The Morgan fingerprint density at radius 2 is 1.96 bits per heavy atom. The summed E-state index contributed by atoms with van der Waals surface area (Å²) in [6.07, 6.45) is 6.58. The van der Waals surface area contributed by atoms with Gasteiger partial charge in [0.1, 0.15) is 5.65 Å². The Hall–Kier alpha value is -2.66. The molecule has 1 aliphatic carbocycles. The zero-order valence-corrected chi connectivity index (χ0v) is 13.4. The maximum atomic E-state index is 12.4. The zero-order valence-electron chi connectivity index (χ0n) is 13.4. The molecule has 0 aliphatic heterocycles. The lowest BCUT2D eigenvalue weighted by molar-refractivity contribution is 0.0937. The van der Waals surface area contributed by atoms with Gasteiger partial charge in [0.15, 0.2) is 0 Å². The molecule has 1 fully saturated rings. The van der Waals surface area contributed by atoms with Crippen molar-refractivity contribution in [1.82, 2.24) is 14.7 Å². The van der Waals surface area contributed by atoms with Gasteiger partial charge in [0.2, 0.25) is 0 Å². The number of pyridine rings is 1. The van der Waals surface area contributed by atoms with Crippen molar-refractivity contribution in [3.8, 4) is 11.3 Å². The molecule has 3 aromatic rings. The van der Waals surface area contributed by atoms with E-state index >= 15 is 0 Å². The lowest BCUT2D eigenvalue weighted by atomic mass is 10.2. The largest absolute Gasteiger partial charge is 0.349 e. The van der Waals surface area contributed by atoms with Gasteiger partial charge in [0.05, 0.1) is 11.3 Å². The second-order valence-electron chi connectivity index (χ2n) is 6.42. The van der Waals surface area contributed by atoms with Gasteiger partial charge in [0.25, 0.3) is 5.91 Å². The molecule has 3 N–H and O–H groups in total. The number of nitrogens with zero attached hydrogens (tertiary/aromatic N) is 2. The molecule has 24 heavy (non-hydrogen) atoms. The van der Waals surface area contributed by atoms with E-state index in [0.29, 0.717) is 5.56 Å². The van der Waals surface area contributed by atoms with Gasteiger partial charge in [0, 0.05) is 30.0 Å². The summed E-state index contributed by atoms with van der Waals surface area (Å²) in [5.41, 5.74) is 9.33. The summed E-state index contributed by atoms with van der Waals surface area (Å²) < 4.78 is 1.90. The second-order valence-corrected chi connectivity index (χ2v) is 6.42. The molecule has 0 bridgehead atoms. The smallest absolute Gasteiger partial charge is 0.252 e. The van der Waals surface area contributed by atoms with Crippen LogP contribution in [0.2, 0.25) is 0 Å². The minimum atomic E-state index is -0.0500. The van der Waals surface area contributed by atoms with Gasteiger partial charge >= 0.3 is 0 Å². The molecule has 4 rings (SSSR count). The highest BCUT2D eigenvalue weighted by Gasteiger charge is 2.23. The van der Waals surface area contributed by atoms with E-state index in [1.807, 2.05) is 59.3 Å². The highest BCUT2D eigenvalue weighted by molar-refractivity contribution is 5.94. The van der Waals surface area contributed by atoms with Crippen molar-refractivity contribution in [3.05, 3.63) is 60.4 Å². The fourth-order valence-corrected chi connectivity index (χ4v) is 3.29. The Morgan fingerprint density at radius 1 is 1.12 bits per heavy atom. The summed E-state index contributed by atoms with van der Waals surface area (Å²) in [4.78, 5) is 17.1. The molecule has 1 aliphatic rings. The number of aromatic nitrogens is 2. The molecule has 0 spiro atoms. The number of amides is 1. The van der Waals surface area contributed by atoms with Crippen molar-refractivity contribution in [3.63, 3.8) is 0 Å². The van der Waals surface area contributed by atoms with Crippen LogP contribution >= 0.6 is 0 Å². The molecule has 1 amide bonds. The van der Waals surface area contributed by atoms with E-state index in [4.69, 9.17) is 5.73 Å². The van der Waals surface area contributed by atoms with Crippen LogP contribution < -0.4 is 11.1 Å². The first kappa shape index (κ1) is 14.9. The maximum Gasteiger partial charge on any atom is 0.252 e. The topological polar surface area (TPSA) is 72.4 Å². The van der Waals surface area contributed by atoms with Crippen molar-refractivity contribution in [2.75, 3.05) is 0 Å². The van der Waals surface area contributed by atoms with Crippen LogP contribution in [0.5, 0.6) is 0 Å². The molecule has 0 radical (unpaired) electrons. The fraction of sp³-hybridized carbons (Fsp3) is 0.263. The third kappa shape index (κ3) is 2.90. The Morgan fingerprint density at radius 3 is 2.71 bits per heavy atom. The van der Waals surface area contributed by atoms with E-state index in [-0.39, 0.29) is 18.0 Å². The predicted molar refractivity (Wildman–Crippen MR) is 93.7 cm³/mol. The molecule has 5 heteroatoms. The van der Waals surface area contributed by atoms with Crippen LogP contribution in [0.4, 0.5) is 0 Å². The summed E-state index contributed by atoms with van der Waals surface area (Å²) in [6, 6.07) is 14.1. The van der Waals surface area contributed by atoms with Crippen LogP contribution in [0, 0.1) is 0 Å². The number of hydrogen-bond acceptors (Lipinski definition) is 3. The summed E-state index contributed by atoms with van der Waals surface area (Å²) in [5, 5.41) is 3.08. The molecule has 2 heterocycles. The summed E-state index contributed by atoms with van der Waals surface area (Å²) in [6.45, 7) is 0. The third-order valence-corrected chi connectivity index (χ3v) is 4.59. The number of nitrogens with one attached hydrogen (secondary N) is 1. The molecule has 0 saturated heterocycles. The Kier molecular flexibility index (Phi) is 3.78. The van der Waals surface area contributed by atoms with Crippen LogP contribution in [0.3, 0.4) is 0 Å². The number of rotatable bonds is 3. The third-order valence-electron chi connectivity index (χ3n) is 4.59. The molecule has 1 saturated carbocycles. The predicted octanol–water partition coefficient (Wildman–Crippen LogP) is 2.61. The number of imidazole rings is 1. The lowest BCUT2D eigenvalue weighted by Crippen LogP contribution is -2.34. The van der Waals surface area contributed by atoms with Crippen molar-refractivity contribution < 1.29 is 4.79 Å². The first-order valence-corrected chi connectivity index (χ1v) is 8.30. The van der Waals surface area contributed by atoms with Crippen LogP contribution in [-0.2, 0) is 0 Å². The molecular formula is C19H20N4O. The maximum absolute atomic E-state index is 12.4. The Balaban J connectivity index is 1.58. The number of carbonyl (C=O) groups is 1. The van der Waals surface area contributed by atoms with Crippen molar-refractivity contribution in [2.24, 2.45) is 5.73 Å². The van der Waals surface area contributed by atoms with Gasteiger partial charge in [-0.15, -0.1) is 0 Å². The Labute approximate surface area is 140 Å². The van der Waals surface area contributed by atoms with Crippen molar-refractivity contribution in [1.29, 1.82) is 0 Å². The molecule has 2 atom stereocenters. The molecular weight excluding hydrogens is 300 g/mol. The van der Waals surface area contributed by atoms with Crippen LogP contribution in [0.1, 0.15) is 29.6 Å².